The Morgan fingerprint density at radius 3 is 2.40 bits per heavy atom. The zero-order valence-corrected chi connectivity index (χ0v) is 10.7. The zero-order chi connectivity index (χ0) is 15.7. The molecule has 0 amide bonds. The molecular weight excluding hydrogens is 305 g/mol. The van der Waals surface area contributed by atoms with E-state index in [1.165, 1.54) is 0 Å². The highest BCUT2D eigenvalue weighted by Crippen LogP contribution is 2.28. The van der Waals surface area contributed by atoms with E-state index in [1.807, 2.05) is 0 Å². The largest absolute Gasteiger partial charge is 0.505 e. The third-order valence-corrected chi connectivity index (χ3v) is 3.30. The summed E-state index contributed by atoms with van der Waals surface area (Å²) in [6.07, 6.45) is -2.50. The van der Waals surface area contributed by atoms with Crippen molar-refractivity contribution < 1.29 is 40.8 Å². The third-order valence-electron chi connectivity index (χ3n) is 2.28. The van der Waals surface area contributed by atoms with Crippen LogP contribution in [0.2, 0.25) is 0 Å². The van der Waals surface area contributed by atoms with Crippen molar-refractivity contribution >= 4 is 16.1 Å². The van der Waals surface area contributed by atoms with Gasteiger partial charge in [-0.3, -0.25) is 4.55 Å². The lowest BCUT2D eigenvalue weighted by molar-refractivity contribution is -0.0550. The highest BCUT2D eigenvalue weighted by molar-refractivity contribution is 7.86. The summed E-state index contributed by atoms with van der Waals surface area (Å²) >= 11 is 0. The first-order chi connectivity index (χ1) is 8.96. The first-order valence-electron chi connectivity index (χ1n) is 5.01. The molecule has 0 saturated heterocycles. The maximum atomic E-state index is 13.1. The predicted molar refractivity (Wildman–Crippen MR) is 59.4 cm³/mol. The van der Waals surface area contributed by atoms with Crippen LogP contribution in [-0.2, 0) is 14.9 Å². The molecule has 20 heavy (non-hydrogen) atoms. The van der Waals surface area contributed by atoms with Crippen LogP contribution in [0.25, 0.3) is 0 Å². The van der Waals surface area contributed by atoms with Crippen LogP contribution in [0.5, 0.6) is 5.75 Å². The fraction of sp³-hybridized carbons (Fsp3) is 0.300. The average molecular weight is 314 g/mol. The number of benzene rings is 1. The molecule has 112 valence electrons. The molecule has 0 fully saturated rings. The Morgan fingerprint density at radius 1 is 1.40 bits per heavy atom. The standard InChI is InChI=1S/C10H9F3O6S/c1-5(10(12,13)20(16,17)18)19-9(15)6-2-3-8(14)7(11)4-6/h2-5,14H,1H3,(H,16,17,18). The lowest BCUT2D eigenvalue weighted by atomic mass is 10.2. The van der Waals surface area contributed by atoms with E-state index in [2.05, 4.69) is 4.74 Å². The average Bonchev–Trinajstić information content (AvgIpc) is 2.30. The molecule has 0 bridgehead atoms. The van der Waals surface area contributed by atoms with Crippen LogP contribution in [0.3, 0.4) is 0 Å². The number of hydrogen-bond donors (Lipinski definition) is 2. The first-order valence-corrected chi connectivity index (χ1v) is 6.45. The number of ether oxygens (including phenoxy) is 1. The molecule has 1 atom stereocenters. The van der Waals surface area contributed by atoms with Gasteiger partial charge >= 0.3 is 21.3 Å². The minimum Gasteiger partial charge on any atom is -0.505 e. The van der Waals surface area contributed by atoms with Crippen molar-refractivity contribution in [2.75, 3.05) is 0 Å². The van der Waals surface area contributed by atoms with Crippen molar-refractivity contribution in [1.29, 1.82) is 0 Å². The van der Waals surface area contributed by atoms with Crippen molar-refractivity contribution in [3.05, 3.63) is 29.6 Å². The normalized spacial score (nSPS) is 13.8. The number of phenols is 1. The van der Waals surface area contributed by atoms with E-state index in [-0.39, 0.29) is 0 Å². The number of carbonyl (C=O) groups is 1. The summed E-state index contributed by atoms with van der Waals surface area (Å²) in [6.45, 7) is 0.544. The van der Waals surface area contributed by atoms with Crippen molar-refractivity contribution in [3.63, 3.8) is 0 Å². The van der Waals surface area contributed by atoms with Crippen molar-refractivity contribution in [2.45, 2.75) is 18.3 Å². The maximum absolute atomic E-state index is 13.1. The van der Waals surface area contributed by atoms with Crippen molar-refractivity contribution in [2.24, 2.45) is 0 Å². The smallest absolute Gasteiger partial charge is 0.405 e. The summed E-state index contributed by atoms with van der Waals surface area (Å²) in [7, 11) is -5.77. The Morgan fingerprint density at radius 2 is 1.95 bits per heavy atom. The third kappa shape index (κ3) is 3.20. The molecule has 0 aliphatic carbocycles. The molecule has 0 aliphatic rings. The van der Waals surface area contributed by atoms with Gasteiger partial charge in [0.25, 0.3) is 0 Å². The number of carbonyl (C=O) groups excluding carboxylic acids is 1. The fourth-order valence-electron chi connectivity index (χ4n) is 1.14. The van der Waals surface area contributed by atoms with Gasteiger partial charge in [0.1, 0.15) is 0 Å². The van der Waals surface area contributed by atoms with Crippen LogP contribution < -0.4 is 0 Å². The van der Waals surface area contributed by atoms with Crippen LogP contribution in [0.1, 0.15) is 17.3 Å². The van der Waals surface area contributed by atoms with Crippen molar-refractivity contribution in [3.8, 4) is 5.75 Å². The molecule has 1 rings (SSSR count). The molecule has 1 unspecified atom stereocenters. The van der Waals surface area contributed by atoms with E-state index in [0.717, 1.165) is 12.1 Å². The second-order valence-corrected chi connectivity index (χ2v) is 5.25. The van der Waals surface area contributed by atoms with Crippen LogP contribution in [0, 0.1) is 5.82 Å². The molecule has 0 radical (unpaired) electrons. The van der Waals surface area contributed by atoms with E-state index in [1.54, 1.807) is 0 Å². The molecule has 0 spiro atoms. The zero-order valence-electron chi connectivity index (χ0n) is 9.88. The molecule has 0 aliphatic heterocycles. The molecule has 0 aromatic heterocycles. The first kappa shape index (κ1) is 16.2. The quantitative estimate of drug-likeness (QED) is 0.646. The summed E-state index contributed by atoms with van der Waals surface area (Å²) < 4.78 is 72.5. The topological polar surface area (TPSA) is 101 Å². The Kier molecular flexibility index (Phi) is 4.30. The molecule has 6 nitrogen and oxygen atoms in total. The lowest BCUT2D eigenvalue weighted by Gasteiger charge is -2.20. The van der Waals surface area contributed by atoms with E-state index in [0.29, 0.717) is 13.0 Å². The van der Waals surface area contributed by atoms with E-state index >= 15 is 0 Å². The van der Waals surface area contributed by atoms with Crippen LogP contribution in [0.15, 0.2) is 18.2 Å². The number of aromatic hydroxyl groups is 1. The van der Waals surface area contributed by atoms with E-state index in [9.17, 15) is 26.4 Å². The second-order valence-electron chi connectivity index (χ2n) is 3.75. The van der Waals surface area contributed by atoms with E-state index < -0.39 is 44.6 Å². The van der Waals surface area contributed by atoms with Gasteiger partial charge in [0.15, 0.2) is 17.7 Å². The van der Waals surface area contributed by atoms with Gasteiger partial charge in [-0.15, -0.1) is 0 Å². The minimum atomic E-state index is -5.77. The molecule has 1 aromatic carbocycles. The summed E-state index contributed by atoms with van der Waals surface area (Å²) in [5.74, 6) is -3.40. The van der Waals surface area contributed by atoms with Gasteiger partial charge in [-0.25, -0.2) is 9.18 Å². The number of esters is 1. The predicted octanol–water partition coefficient (Wildman–Crippen LogP) is 1.56. The summed E-state index contributed by atoms with van der Waals surface area (Å²) in [6, 6.07) is 2.20. The monoisotopic (exact) mass is 314 g/mol. The van der Waals surface area contributed by atoms with Crippen LogP contribution in [-0.4, -0.2) is 35.4 Å². The lowest BCUT2D eigenvalue weighted by Crippen LogP contribution is -2.42. The van der Waals surface area contributed by atoms with Gasteiger partial charge in [0.2, 0.25) is 0 Å². The van der Waals surface area contributed by atoms with Crippen LogP contribution in [0.4, 0.5) is 13.2 Å². The summed E-state index contributed by atoms with van der Waals surface area (Å²) in [4.78, 5) is 11.4. The van der Waals surface area contributed by atoms with Gasteiger partial charge < -0.3 is 9.84 Å². The van der Waals surface area contributed by atoms with Gasteiger partial charge in [-0.05, 0) is 25.1 Å². The summed E-state index contributed by atoms with van der Waals surface area (Å²) in [5, 5.41) is 4.17. The SMILES string of the molecule is CC(OC(=O)c1ccc(O)c(F)c1)C(F)(F)S(=O)(=O)O. The van der Waals surface area contributed by atoms with Gasteiger partial charge in [-0.1, -0.05) is 0 Å². The number of halogens is 3. The number of rotatable bonds is 4. The number of phenolic OH excluding ortho intramolecular Hbond substituents is 1. The molecule has 10 heteroatoms. The van der Waals surface area contributed by atoms with Gasteiger partial charge in [0, 0.05) is 0 Å². The molecular formula is C10H9F3O6S. The highest BCUT2D eigenvalue weighted by atomic mass is 32.2. The molecule has 1 aromatic rings. The van der Waals surface area contributed by atoms with Crippen LogP contribution >= 0.6 is 0 Å². The van der Waals surface area contributed by atoms with Gasteiger partial charge in [0.05, 0.1) is 5.56 Å². The fourth-order valence-corrected chi connectivity index (χ4v) is 1.61. The molecule has 2 N–H and O–H groups in total. The Hall–Kier alpha value is -1.81. The molecule has 0 saturated carbocycles. The Balaban J connectivity index is 2.93. The maximum Gasteiger partial charge on any atom is 0.405 e. The summed E-state index contributed by atoms with van der Waals surface area (Å²) in [5.41, 5.74) is -0.515. The Labute approximate surface area is 111 Å². The minimum absolute atomic E-state index is 0.515. The highest BCUT2D eigenvalue weighted by Gasteiger charge is 2.52. The number of alkyl halides is 2. The second kappa shape index (κ2) is 5.29. The number of hydrogen-bond acceptors (Lipinski definition) is 5. The Bertz CT molecular complexity index is 628. The van der Waals surface area contributed by atoms with Gasteiger partial charge in [-0.2, -0.15) is 17.2 Å². The van der Waals surface area contributed by atoms with Crippen molar-refractivity contribution in [1.82, 2.24) is 0 Å². The molecule has 0 heterocycles. The van der Waals surface area contributed by atoms with E-state index in [4.69, 9.17) is 9.66 Å².